The molecule has 0 N–H and O–H groups in total. The third kappa shape index (κ3) is 16.3. The lowest BCUT2D eigenvalue weighted by atomic mass is 9.89. The number of fused-ring (bicyclic) bond motifs is 5. The summed E-state index contributed by atoms with van der Waals surface area (Å²) in [6.45, 7) is 45.1. The van der Waals surface area contributed by atoms with Crippen LogP contribution in [0.1, 0.15) is 253 Å². The topological polar surface area (TPSA) is 0 Å². The molecule has 0 bridgehead atoms. The zero-order chi connectivity index (χ0) is 58.5. The number of rotatable bonds is 10. The van der Waals surface area contributed by atoms with Crippen molar-refractivity contribution < 1.29 is 0 Å². The molecule has 420 valence electrons. The van der Waals surface area contributed by atoms with E-state index in [9.17, 15) is 0 Å². The lowest BCUT2D eigenvalue weighted by Gasteiger charge is -2.15. The number of hydrogen-bond acceptors (Lipinski definition) is 0. The van der Waals surface area contributed by atoms with Gasteiger partial charge >= 0.3 is 0 Å². The molecule has 0 heterocycles. The Balaban J connectivity index is 0.000000161. The van der Waals surface area contributed by atoms with Crippen LogP contribution in [0.25, 0.3) is 53.9 Å². The van der Waals surface area contributed by atoms with Gasteiger partial charge in [0.15, 0.2) is 0 Å². The Kier molecular flexibility index (Phi) is 22.5. The Morgan fingerprint density at radius 1 is 0.163 bits per heavy atom. The molecule has 0 fully saturated rings. The van der Waals surface area contributed by atoms with Crippen molar-refractivity contribution in [1.29, 1.82) is 0 Å². The summed E-state index contributed by atoms with van der Waals surface area (Å²) in [5.74, 6) is 5.97. The lowest BCUT2D eigenvalue weighted by Crippen LogP contribution is -1.95. The van der Waals surface area contributed by atoms with Gasteiger partial charge in [-0.1, -0.05) is 320 Å². The van der Waals surface area contributed by atoms with Gasteiger partial charge in [0.05, 0.1) is 0 Å². The second-order valence-electron chi connectivity index (χ2n) is 25.7. The van der Waals surface area contributed by atoms with Crippen LogP contribution < -0.4 is 0 Å². The van der Waals surface area contributed by atoms with Gasteiger partial charge in [-0.2, -0.15) is 0 Å². The number of benzene rings is 10. The van der Waals surface area contributed by atoms with E-state index in [1.54, 1.807) is 0 Å². The van der Waals surface area contributed by atoms with Gasteiger partial charge in [-0.3, -0.25) is 0 Å². The van der Waals surface area contributed by atoms with Crippen LogP contribution in [0.2, 0.25) is 0 Å². The van der Waals surface area contributed by atoms with Crippen molar-refractivity contribution in [2.75, 3.05) is 0 Å². The normalized spacial score (nSPS) is 11.6. The third-order valence-corrected chi connectivity index (χ3v) is 16.1. The quantitative estimate of drug-likeness (QED) is 0.128. The van der Waals surface area contributed by atoms with E-state index in [0.717, 1.165) is 0 Å². The van der Waals surface area contributed by atoms with Gasteiger partial charge in [-0.15, -0.1) is 0 Å². The molecule has 0 spiro atoms. The summed E-state index contributed by atoms with van der Waals surface area (Å²) in [7, 11) is 0. The van der Waals surface area contributed by atoms with Gasteiger partial charge < -0.3 is 0 Å². The summed E-state index contributed by atoms with van der Waals surface area (Å²) in [5, 5.41) is 13.8. The van der Waals surface area contributed by atoms with Crippen molar-refractivity contribution >= 4 is 53.9 Å². The first kappa shape index (κ1) is 62.7. The van der Waals surface area contributed by atoms with Gasteiger partial charge in [-0.05, 0) is 169 Å². The SMILES string of the molecule is CC(C)c1cc(C(C)C)c2ccccc2c1.CC(C)c1cc(C(C)C)c2ccccc2c1.CC(C)c1ccc(C(C)C)c2ccccc12.CC(C)c1ccc2cc(C(C)C)ccc2c1.CC(C)c1ccc2ccc(C(C)C)cc2c1. The Morgan fingerprint density at radius 3 is 0.700 bits per heavy atom. The molecule has 80 heavy (non-hydrogen) atoms. The monoisotopic (exact) mass is 1060 g/mol. The maximum Gasteiger partial charge on any atom is -0.0146 e. The van der Waals surface area contributed by atoms with Crippen molar-refractivity contribution in [3.63, 3.8) is 0 Å². The zero-order valence-corrected chi connectivity index (χ0v) is 53.1. The highest BCUT2D eigenvalue weighted by atomic mass is 14.2. The molecule has 0 unspecified atom stereocenters. The zero-order valence-electron chi connectivity index (χ0n) is 53.1. The molecule has 10 aromatic carbocycles. The molecule has 0 saturated carbocycles. The molecular weight excluding hydrogens is 961 g/mol. The maximum atomic E-state index is 2.37. The minimum Gasteiger partial charge on any atom is -0.0616 e. The fourth-order valence-electron chi connectivity index (χ4n) is 10.7. The molecule has 0 aliphatic rings. The fraction of sp³-hybridized carbons (Fsp3) is 0.375. The van der Waals surface area contributed by atoms with Crippen LogP contribution >= 0.6 is 0 Å². The standard InChI is InChI=1S/5C16H20/c1-11(2)13-5-7-16-10-14(12(3)4)6-8-15(16)9-13;1-11(2)14-7-5-13-6-8-15(12(3)4)10-16(13)9-14;2*1-11(2)14-9-13-7-5-6-8-15(13)16(10-14)12(3)4;1-11(2)13-9-10-14(12(3)4)16-8-6-5-7-15(13)16/h5*5-12H,1-4H3. The molecular formula is C80H100. The van der Waals surface area contributed by atoms with Crippen molar-refractivity contribution in [2.24, 2.45) is 0 Å². The van der Waals surface area contributed by atoms with Crippen LogP contribution in [-0.4, -0.2) is 0 Å². The predicted molar refractivity (Wildman–Crippen MR) is 361 cm³/mol. The van der Waals surface area contributed by atoms with E-state index in [4.69, 9.17) is 0 Å². The van der Waals surface area contributed by atoms with E-state index in [1.165, 1.54) is 109 Å². The highest BCUT2D eigenvalue weighted by molar-refractivity contribution is 5.90. The minimum atomic E-state index is 0.587. The molecule has 10 rings (SSSR count). The first-order valence-corrected chi connectivity index (χ1v) is 30.6. The van der Waals surface area contributed by atoms with Crippen LogP contribution in [-0.2, 0) is 0 Å². The highest BCUT2D eigenvalue weighted by Gasteiger charge is 2.13. The van der Waals surface area contributed by atoms with E-state index in [1.807, 2.05) is 0 Å². The molecule has 0 aliphatic heterocycles. The molecule has 0 radical (unpaired) electrons. The van der Waals surface area contributed by atoms with E-state index in [-0.39, 0.29) is 0 Å². The number of hydrogen-bond donors (Lipinski definition) is 0. The Hall–Kier alpha value is -6.50. The van der Waals surface area contributed by atoms with Crippen LogP contribution in [0.4, 0.5) is 0 Å². The van der Waals surface area contributed by atoms with Crippen LogP contribution in [0.3, 0.4) is 0 Å². The van der Waals surface area contributed by atoms with Crippen LogP contribution in [0, 0.1) is 0 Å². The predicted octanol–water partition coefficient (Wildman–Crippen LogP) is 25.4. The highest BCUT2D eigenvalue weighted by Crippen LogP contribution is 2.34. The molecule has 0 atom stereocenters. The van der Waals surface area contributed by atoms with Gasteiger partial charge in [0.2, 0.25) is 0 Å². The molecule has 0 aliphatic carbocycles. The largest absolute Gasteiger partial charge is 0.0616 e. The summed E-state index contributed by atoms with van der Waals surface area (Å²) in [4.78, 5) is 0. The van der Waals surface area contributed by atoms with E-state index in [2.05, 4.69) is 320 Å². The van der Waals surface area contributed by atoms with Crippen molar-refractivity contribution in [3.8, 4) is 0 Å². The second-order valence-corrected chi connectivity index (χ2v) is 25.7. The van der Waals surface area contributed by atoms with Gasteiger partial charge in [0.1, 0.15) is 0 Å². The Morgan fingerprint density at radius 2 is 0.412 bits per heavy atom. The van der Waals surface area contributed by atoms with E-state index in [0.29, 0.717) is 59.2 Å². The lowest BCUT2D eigenvalue weighted by molar-refractivity contribution is 0.841. The molecule has 0 amide bonds. The molecule has 10 aromatic rings. The summed E-state index contributed by atoms with van der Waals surface area (Å²) in [6, 6.07) is 67.3. The summed E-state index contributed by atoms with van der Waals surface area (Å²) >= 11 is 0. The van der Waals surface area contributed by atoms with Crippen LogP contribution in [0.15, 0.2) is 182 Å². The molecule has 0 saturated heterocycles. The third-order valence-electron chi connectivity index (χ3n) is 16.1. The second kappa shape index (κ2) is 28.8. The van der Waals surface area contributed by atoms with Gasteiger partial charge in [0.25, 0.3) is 0 Å². The Labute approximate surface area is 486 Å². The molecule has 0 nitrogen and oxygen atoms in total. The first-order chi connectivity index (χ1) is 37.9. The summed E-state index contributed by atoms with van der Waals surface area (Å²) in [5.41, 5.74) is 14.4. The fourth-order valence-corrected chi connectivity index (χ4v) is 10.7. The van der Waals surface area contributed by atoms with Crippen molar-refractivity contribution in [3.05, 3.63) is 238 Å². The van der Waals surface area contributed by atoms with E-state index < -0.39 is 0 Å². The average Bonchev–Trinajstić information content (AvgIpc) is 3.51. The van der Waals surface area contributed by atoms with Crippen LogP contribution in [0.5, 0.6) is 0 Å². The summed E-state index contributed by atoms with van der Waals surface area (Å²) < 4.78 is 0. The van der Waals surface area contributed by atoms with E-state index >= 15 is 0 Å². The van der Waals surface area contributed by atoms with Crippen molar-refractivity contribution in [1.82, 2.24) is 0 Å². The first-order valence-electron chi connectivity index (χ1n) is 30.6. The molecule has 0 heteroatoms. The summed E-state index contributed by atoms with van der Waals surface area (Å²) in [6.07, 6.45) is 0. The van der Waals surface area contributed by atoms with Gasteiger partial charge in [-0.25, -0.2) is 0 Å². The van der Waals surface area contributed by atoms with Gasteiger partial charge in [0, 0.05) is 0 Å². The molecule has 0 aromatic heterocycles. The van der Waals surface area contributed by atoms with Crippen molar-refractivity contribution in [2.45, 2.75) is 198 Å². The minimum absolute atomic E-state index is 0.587. The average molecular weight is 1060 g/mol. The smallest absolute Gasteiger partial charge is 0.0146 e. The maximum absolute atomic E-state index is 2.37. The Bertz CT molecular complexity index is 3330.